The van der Waals surface area contributed by atoms with Crippen molar-refractivity contribution >= 4 is 11.6 Å². The molecule has 0 radical (unpaired) electrons. The number of ether oxygens (including phenoxy) is 1. The second-order valence-corrected chi connectivity index (χ2v) is 5.10. The van der Waals surface area contributed by atoms with Gasteiger partial charge in [-0.2, -0.15) is 13.2 Å². The lowest BCUT2D eigenvalue weighted by Crippen LogP contribution is -2.23. The summed E-state index contributed by atoms with van der Waals surface area (Å²) in [5, 5.41) is 0. The van der Waals surface area contributed by atoms with Gasteiger partial charge in [0.25, 0.3) is 0 Å². The van der Waals surface area contributed by atoms with Gasteiger partial charge in [0.2, 0.25) is 0 Å². The Balaban J connectivity index is 2.10. The Hall–Kier alpha value is 0.0400. The molecule has 0 spiro atoms. The Kier molecular flexibility index (Phi) is 4.92. The van der Waals surface area contributed by atoms with Gasteiger partial charge in [0, 0.05) is 12.5 Å². The van der Waals surface area contributed by atoms with Gasteiger partial charge in [-0.25, -0.2) is 0 Å². The quantitative estimate of drug-likeness (QED) is 0.495. The van der Waals surface area contributed by atoms with Gasteiger partial charge in [-0.05, 0) is 37.0 Å². The molecular weight excluding hydrogens is 241 g/mol. The van der Waals surface area contributed by atoms with E-state index in [-0.39, 0.29) is 12.0 Å². The molecule has 0 aromatic rings. The minimum atomic E-state index is -4.22. The lowest BCUT2D eigenvalue weighted by atomic mass is 9.82. The average molecular weight is 259 g/mol. The van der Waals surface area contributed by atoms with E-state index < -0.39 is 12.8 Å². The molecule has 0 saturated heterocycles. The van der Waals surface area contributed by atoms with Gasteiger partial charge in [0.1, 0.15) is 6.61 Å². The van der Waals surface area contributed by atoms with E-state index in [4.69, 9.17) is 11.6 Å². The maximum absolute atomic E-state index is 11.8. The van der Waals surface area contributed by atoms with Crippen molar-refractivity contribution in [2.45, 2.75) is 38.8 Å². The van der Waals surface area contributed by atoms with E-state index in [1.807, 2.05) is 0 Å². The van der Waals surface area contributed by atoms with Crippen LogP contribution in [0.2, 0.25) is 0 Å². The molecular formula is C11H18ClF3O. The fourth-order valence-corrected chi connectivity index (χ4v) is 2.28. The molecule has 1 aliphatic carbocycles. The summed E-state index contributed by atoms with van der Waals surface area (Å²) in [7, 11) is 0. The zero-order valence-corrected chi connectivity index (χ0v) is 10.2. The highest BCUT2D eigenvalue weighted by molar-refractivity contribution is 6.18. The van der Waals surface area contributed by atoms with Crippen LogP contribution in [0, 0.1) is 11.3 Å². The SMILES string of the molecule is CC(CCl)(CCCOCC(F)(F)F)C1CC1. The van der Waals surface area contributed by atoms with E-state index in [0.717, 1.165) is 6.42 Å². The molecule has 1 aliphatic rings. The third-order valence-corrected chi connectivity index (χ3v) is 3.78. The summed E-state index contributed by atoms with van der Waals surface area (Å²) in [4.78, 5) is 0. The summed E-state index contributed by atoms with van der Waals surface area (Å²) in [5.41, 5.74) is 0.0865. The van der Waals surface area contributed by atoms with Crippen molar-refractivity contribution in [3.63, 3.8) is 0 Å². The highest BCUT2D eigenvalue weighted by Gasteiger charge is 2.40. The van der Waals surface area contributed by atoms with Gasteiger partial charge >= 0.3 is 6.18 Å². The van der Waals surface area contributed by atoms with Gasteiger partial charge in [0.15, 0.2) is 0 Å². The Labute approximate surface area is 99.3 Å². The summed E-state index contributed by atoms with van der Waals surface area (Å²) in [6, 6.07) is 0. The van der Waals surface area contributed by atoms with Crippen LogP contribution in [-0.4, -0.2) is 25.3 Å². The summed E-state index contributed by atoms with van der Waals surface area (Å²) < 4.78 is 39.9. The smallest absolute Gasteiger partial charge is 0.372 e. The zero-order chi connectivity index (χ0) is 12.2. The number of hydrogen-bond donors (Lipinski definition) is 0. The van der Waals surface area contributed by atoms with Crippen LogP contribution in [0.3, 0.4) is 0 Å². The van der Waals surface area contributed by atoms with Crippen LogP contribution in [0.5, 0.6) is 0 Å². The summed E-state index contributed by atoms with van der Waals surface area (Å²) in [6.45, 7) is 1.13. The lowest BCUT2D eigenvalue weighted by molar-refractivity contribution is -0.174. The molecule has 16 heavy (non-hydrogen) atoms. The highest BCUT2D eigenvalue weighted by atomic mass is 35.5. The van der Waals surface area contributed by atoms with Gasteiger partial charge in [-0.1, -0.05) is 6.92 Å². The third kappa shape index (κ3) is 4.91. The number of halogens is 4. The largest absolute Gasteiger partial charge is 0.411 e. The van der Waals surface area contributed by atoms with Crippen LogP contribution in [0.1, 0.15) is 32.6 Å². The van der Waals surface area contributed by atoms with Gasteiger partial charge in [-0.3, -0.25) is 0 Å². The maximum atomic E-state index is 11.8. The number of rotatable bonds is 7. The normalized spacial score (nSPS) is 20.8. The minimum Gasteiger partial charge on any atom is -0.372 e. The predicted molar refractivity (Wildman–Crippen MR) is 57.7 cm³/mol. The zero-order valence-electron chi connectivity index (χ0n) is 9.45. The third-order valence-electron chi connectivity index (χ3n) is 3.17. The molecule has 96 valence electrons. The lowest BCUT2D eigenvalue weighted by Gasteiger charge is -2.27. The molecule has 1 saturated carbocycles. The molecule has 0 N–H and O–H groups in total. The maximum Gasteiger partial charge on any atom is 0.411 e. The van der Waals surface area contributed by atoms with Crippen LogP contribution in [-0.2, 0) is 4.74 Å². The first-order valence-electron chi connectivity index (χ1n) is 5.58. The van der Waals surface area contributed by atoms with Crippen molar-refractivity contribution < 1.29 is 17.9 Å². The molecule has 1 unspecified atom stereocenters. The molecule has 1 atom stereocenters. The average Bonchev–Trinajstić information content (AvgIpc) is 2.98. The first-order chi connectivity index (χ1) is 7.37. The van der Waals surface area contributed by atoms with E-state index in [1.54, 1.807) is 0 Å². The van der Waals surface area contributed by atoms with E-state index in [1.165, 1.54) is 12.8 Å². The Bertz CT molecular complexity index is 216. The van der Waals surface area contributed by atoms with Crippen molar-refractivity contribution in [2.75, 3.05) is 19.1 Å². The number of hydrogen-bond acceptors (Lipinski definition) is 1. The molecule has 1 nitrogen and oxygen atoms in total. The van der Waals surface area contributed by atoms with Crippen LogP contribution >= 0.6 is 11.6 Å². The molecule has 0 aromatic heterocycles. The fourth-order valence-electron chi connectivity index (χ4n) is 1.93. The van der Waals surface area contributed by atoms with E-state index >= 15 is 0 Å². The molecule has 0 aliphatic heterocycles. The fraction of sp³-hybridized carbons (Fsp3) is 1.00. The van der Waals surface area contributed by atoms with Crippen molar-refractivity contribution in [3.05, 3.63) is 0 Å². The minimum absolute atomic E-state index is 0.0865. The molecule has 0 aromatic carbocycles. The highest BCUT2D eigenvalue weighted by Crippen LogP contribution is 2.48. The van der Waals surface area contributed by atoms with Gasteiger partial charge in [0.05, 0.1) is 0 Å². The Morgan fingerprint density at radius 1 is 1.31 bits per heavy atom. The van der Waals surface area contributed by atoms with Crippen molar-refractivity contribution in [1.82, 2.24) is 0 Å². The van der Waals surface area contributed by atoms with Crippen LogP contribution in [0.25, 0.3) is 0 Å². The van der Waals surface area contributed by atoms with E-state index in [9.17, 15) is 13.2 Å². The standard InChI is InChI=1S/C11H18ClF3O/c1-10(7-12,9-3-4-9)5-2-6-16-8-11(13,14)15/h9H,2-8H2,1H3. The molecule has 5 heteroatoms. The van der Waals surface area contributed by atoms with Crippen molar-refractivity contribution in [3.8, 4) is 0 Å². The first kappa shape index (κ1) is 14.1. The molecule has 1 fully saturated rings. The van der Waals surface area contributed by atoms with Crippen molar-refractivity contribution in [2.24, 2.45) is 11.3 Å². The van der Waals surface area contributed by atoms with Crippen LogP contribution in [0.4, 0.5) is 13.2 Å². The van der Waals surface area contributed by atoms with Crippen LogP contribution < -0.4 is 0 Å². The van der Waals surface area contributed by atoms with Crippen molar-refractivity contribution in [1.29, 1.82) is 0 Å². The topological polar surface area (TPSA) is 9.23 Å². The molecule has 0 amide bonds. The first-order valence-corrected chi connectivity index (χ1v) is 6.11. The second-order valence-electron chi connectivity index (χ2n) is 4.83. The second kappa shape index (κ2) is 5.58. The monoisotopic (exact) mass is 258 g/mol. The molecule has 0 bridgehead atoms. The molecule has 1 rings (SSSR count). The Morgan fingerprint density at radius 3 is 2.38 bits per heavy atom. The number of alkyl halides is 4. The van der Waals surface area contributed by atoms with Gasteiger partial charge in [-0.15, -0.1) is 11.6 Å². The van der Waals surface area contributed by atoms with E-state index in [2.05, 4.69) is 11.7 Å². The van der Waals surface area contributed by atoms with E-state index in [0.29, 0.717) is 18.2 Å². The Morgan fingerprint density at radius 2 is 1.94 bits per heavy atom. The van der Waals surface area contributed by atoms with Crippen LogP contribution in [0.15, 0.2) is 0 Å². The summed E-state index contributed by atoms with van der Waals surface area (Å²) in [6.07, 6.45) is -0.319. The molecule has 0 heterocycles. The summed E-state index contributed by atoms with van der Waals surface area (Å²) >= 11 is 5.91. The predicted octanol–water partition coefficient (Wildman–Crippen LogP) is 4.00. The van der Waals surface area contributed by atoms with Gasteiger partial charge < -0.3 is 4.74 Å². The summed E-state index contributed by atoms with van der Waals surface area (Å²) in [5.74, 6) is 1.24.